The van der Waals surface area contributed by atoms with E-state index >= 15 is 0 Å². The minimum atomic E-state index is -0.111. The molecule has 6 heteroatoms. The molecule has 2 heterocycles. The van der Waals surface area contributed by atoms with Crippen molar-refractivity contribution >= 4 is 11.6 Å². The molecule has 2 rings (SSSR count). The third kappa shape index (κ3) is 3.92. The summed E-state index contributed by atoms with van der Waals surface area (Å²) in [6, 6.07) is -0.111. The topological polar surface area (TPSA) is 56.3 Å². The van der Waals surface area contributed by atoms with Crippen LogP contribution in [-0.4, -0.2) is 48.0 Å². The van der Waals surface area contributed by atoms with Crippen LogP contribution in [0.4, 0.5) is 0 Å². The molecule has 2 N–H and O–H groups in total. The maximum Gasteiger partial charge on any atom is 0.0834 e. The van der Waals surface area contributed by atoms with E-state index in [0.717, 1.165) is 44.7 Å². The first-order valence-corrected chi connectivity index (χ1v) is 7.19. The molecule has 5 nitrogen and oxygen atoms in total. The zero-order valence-corrected chi connectivity index (χ0v) is 12.4. The van der Waals surface area contributed by atoms with Crippen molar-refractivity contribution in [3.05, 3.63) is 16.9 Å². The lowest BCUT2D eigenvalue weighted by molar-refractivity contribution is 0.0975. The number of nitrogens with zero attached hydrogens (tertiary/aromatic N) is 3. The number of aromatic nitrogens is 2. The maximum atomic E-state index is 6.29. The SMILES string of the molecule is CN(C)CCn1ncc(Cl)c1C(N)CC1CCCO1. The molecule has 108 valence electrons. The van der Waals surface area contributed by atoms with Crippen molar-refractivity contribution in [3.63, 3.8) is 0 Å². The second-order valence-corrected chi connectivity index (χ2v) is 5.79. The minimum absolute atomic E-state index is 0.111. The van der Waals surface area contributed by atoms with Gasteiger partial charge in [-0.1, -0.05) is 11.6 Å². The van der Waals surface area contributed by atoms with Gasteiger partial charge in [0, 0.05) is 13.2 Å². The van der Waals surface area contributed by atoms with E-state index in [0.29, 0.717) is 5.02 Å². The summed E-state index contributed by atoms with van der Waals surface area (Å²) in [6.45, 7) is 2.57. The summed E-state index contributed by atoms with van der Waals surface area (Å²) < 4.78 is 7.56. The number of nitrogens with two attached hydrogens (primary N) is 1. The zero-order chi connectivity index (χ0) is 13.8. The van der Waals surface area contributed by atoms with Crippen LogP contribution < -0.4 is 5.73 Å². The second kappa shape index (κ2) is 6.70. The largest absolute Gasteiger partial charge is 0.378 e. The van der Waals surface area contributed by atoms with Crippen LogP contribution in [-0.2, 0) is 11.3 Å². The van der Waals surface area contributed by atoms with Gasteiger partial charge in [-0.3, -0.25) is 4.68 Å². The van der Waals surface area contributed by atoms with Crippen molar-refractivity contribution in [2.75, 3.05) is 27.2 Å². The van der Waals surface area contributed by atoms with Crippen LogP contribution in [0.2, 0.25) is 5.02 Å². The molecule has 1 saturated heterocycles. The van der Waals surface area contributed by atoms with Crippen LogP contribution in [0.5, 0.6) is 0 Å². The summed E-state index contributed by atoms with van der Waals surface area (Å²) in [6.07, 6.45) is 4.99. The lowest BCUT2D eigenvalue weighted by atomic mass is 10.0. The molecule has 0 bridgehead atoms. The summed E-state index contributed by atoms with van der Waals surface area (Å²) in [7, 11) is 4.08. The van der Waals surface area contributed by atoms with Gasteiger partial charge < -0.3 is 15.4 Å². The summed E-state index contributed by atoms with van der Waals surface area (Å²) >= 11 is 6.22. The van der Waals surface area contributed by atoms with Crippen molar-refractivity contribution in [3.8, 4) is 0 Å². The van der Waals surface area contributed by atoms with E-state index in [1.54, 1.807) is 6.20 Å². The number of rotatable bonds is 6. The Morgan fingerprint density at radius 1 is 1.63 bits per heavy atom. The molecule has 1 aliphatic rings. The highest BCUT2D eigenvalue weighted by Crippen LogP contribution is 2.27. The highest BCUT2D eigenvalue weighted by atomic mass is 35.5. The van der Waals surface area contributed by atoms with Gasteiger partial charge in [0.2, 0.25) is 0 Å². The van der Waals surface area contributed by atoms with Crippen LogP contribution >= 0.6 is 11.6 Å². The number of likely N-dealkylation sites (N-methyl/N-ethyl adjacent to an activating group) is 1. The molecule has 0 spiro atoms. The van der Waals surface area contributed by atoms with Gasteiger partial charge >= 0.3 is 0 Å². The van der Waals surface area contributed by atoms with E-state index in [-0.39, 0.29) is 12.1 Å². The molecule has 0 aliphatic carbocycles. The molecule has 19 heavy (non-hydrogen) atoms. The number of hydrogen-bond donors (Lipinski definition) is 1. The van der Waals surface area contributed by atoms with Gasteiger partial charge in [0.25, 0.3) is 0 Å². The Labute approximate surface area is 119 Å². The standard InChI is InChI=1S/C13H23ClN4O/c1-17(2)5-6-18-13(11(14)9-16-18)12(15)8-10-4-3-7-19-10/h9-10,12H,3-8,15H2,1-2H3. The van der Waals surface area contributed by atoms with Gasteiger partial charge in [0.1, 0.15) is 0 Å². The summed E-state index contributed by atoms with van der Waals surface area (Å²) in [5.74, 6) is 0. The van der Waals surface area contributed by atoms with E-state index in [1.807, 2.05) is 18.8 Å². The third-order valence-corrected chi connectivity index (χ3v) is 3.78. The Morgan fingerprint density at radius 3 is 3.05 bits per heavy atom. The Balaban J connectivity index is 2.02. The molecule has 2 unspecified atom stereocenters. The zero-order valence-electron chi connectivity index (χ0n) is 11.7. The normalized spacial score (nSPS) is 21.2. The second-order valence-electron chi connectivity index (χ2n) is 5.38. The Kier molecular flexibility index (Phi) is 5.21. The van der Waals surface area contributed by atoms with Crippen LogP contribution in [0, 0.1) is 0 Å². The maximum absolute atomic E-state index is 6.29. The molecule has 0 saturated carbocycles. The Bertz CT molecular complexity index is 401. The summed E-state index contributed by atoms with van der Waals surface area (Å²) in [4.78, 5) is 2.12. The van der Waals surface area contributed by atoms with Crippen LogP contribution in [0.15, 0.2) is 6.20 Å². The van der Waals surface area contributed by atoms with Gasteiger partial charge in [-0.2, -0.15) is 5.10 Å². The lowest BCUT2D eigenvalue weighted by Gasteiger charge is -2.19. The average Bonchev–Trinajstić information content (AvgIpc) is 2.96. The van der Waals surface area contributed by atoms with E-state index in [4.69, 9.17) is 22.1 Å². The fourth-order valence-electron chi connectivity index (χ4n) is 2.44. The minimum Gasteiger partial charge on any atom is -0.378 e. The molecule has 1 aromatic heterocycles. The Hall–Kier alpha value is -0.620. The molecule has 1 aromatic rings. The fourth-order valence-corrected chi connectivity index (χ4v) is 2.72. The highest BCUT2D eigenvalue weighted by Gasteiger charge is 2.23. The fraction of sp³-hybridized carbons (Fsp3) is 0.769. The summed E-state index contributed by atoms with van der Waals surface area (Å²) in [5, 5.41) is 4.98. The van der Waals surface area contributed by atoms with Crippen molar-refractivity contribution in [1.82, 2.24) is 14.7 Å². The average molecular weight is 287 g/mol. The molecule has 2 atom stereocenters. The molecular weight excluding hydrogens is 264 g/mol. The van der Waals surface area contributed by atoms with Crippen molar-refractivity contribution in [2.45, 2.75) is 38.0 Å². The van der Waals surface area contributed by atoms with Gasteiger partial charge in [0.15, 0.2) is 0 Å². The first kappa shape index (κ1) is 14.8. The molecular formula is C13H23ClN4O. The Morgan fingerprint density at radius 2 is 2.42 bits per heavy atom. The number of ether oxygens (including phenoxy) is 1. The van der Waals surface area contributed by atoms with Crippen molar-refractivity contribution in [1.29, 1.82) is 0 Å². The van der Waals surface area contributed by atoms with Crippen LogP contribution in [0.3, 0.4) is 0 Å². The smallest absolute Gasteiger partial charge is 0.0834 e. The van der Waals surface area contributed by atoms with E-state index in [2.05, 4.69) is 10.00 Å². The monoisotopic (exact) mass is 286 g/mol. The quantitative estimate of drug-likeness (QED) is 0.864. The van der Waals surface area contributed by atoms with Crippen molar-refractivity contribution < 1.29 is 4.74 Å². The predicted octanol–water partition coefficient (Wildman–Crippen LogP) is 1.67. The first-order valence-electron chi connectivity index (χ1n) is 6.81. The molecule has 1 aliphatic heterocycles. The first-order chi connectivity index (χ1) is 9.08. The van der Waals surface area contributed by atoms with Crippen molar-refractivity contribution in [2.24, 2.45) is 5.73 Å². The van der Waals surface area contributed by atoms with Crippen LogP contribution in [0.25, 0.3) is 0 Å². The molecule has 0 amide bonds. The number of halogens is 1. The van der Waals surface area contributed by atoms with Gasteiger partial charge in [-0.15, -0.1) is 0 Å². The lowest BCUT2D eigenvalue weighted by Crippen LogP contribution is -2.25. The van der Waals surface area contributed by atoms with E-state index < -0.39 is 0 Å². The van der Waals surface area contributed by atoms with Gasteiger partial charge in [0.05, 0.1) is 35.6 Å². The third-order valence-electron chi connectivity index (χ3n) is 3.48. The summed E-state index contributed by atoms with van der Waals surface area (Å²) in [5.41, 5.74) is 7.22. The predicted molar refractivity (Wildman–Crippen MR) is 76.3 cm³/mol. The highest BCUT2D eigenvalue weighted by molar-refractivity contribution is 6.31. The van der Waals surface area contributed by atoms with Gasteiger partial charge in [-0.25, -0.2) is 0 Å². The van der Waals surface area contributed by atoms with E-state index in [1.165, 1.54) is 0 Å². The molecule has 0 radical (unpaired) electrons. The van der Waals surface area contributed by atoms with Gasteiger partial charge in [-0.05, 0) is 33.4 Å². The van der Waals surface area contributed by atoms with Crippen LogP contribution in [0.1, 0.15) is 31.0 Å². The molecule has 1 fully saturated rings. The molecule has 0 aromatic carbocycles. The van der Waals surface area contributed by atoms with E-state index in [9.17, 15) is 0 Å². The number of hydrogen-bond acceptors (Lipinski definition) is 4.